The summed E-state index contributed by atoms with van der Waals surface area (Å²) in [6.07, 6.45) is 1.71. The fourth-order valence-electron chi connectivity index (χ4n) is 2.48. The average Bonchev–Trinajstić information content (AvgIpc) is 2.48. The van der Waals surface area contributed by atoms with E-state index in [1.807, 2.05) is 18.2 Å². The van der Waals surface area contributed by atoms with Crippen LogP contribution in [0, 0.1) is 12.7 Å². The summed E-state index contributed by atoms with van der Waals surface area (Å²) in [7, 11) is 0. The first-order valence-electron chi connectivity index (χ1n) is 7.34. The van der Waals surface area contributed by atoms with Crippen LogP contribution in [0.25, 0.3) is 0 Å². The van der Waals surface area contributed by atoms with Gasteiger partial charge in [-0.05, 0) is 61.2 Å². The fraction of sp³-hybridized carbons (Fsp3) is 0.333. The molecule has 2 aromatic rings. The molecule has 0 bridgehead atoms. The van der Waals surface area contributed by atoms with E-state index in [9.17, 15) is 4.39 Å². The minimum absolute atomic E-state index is 0.124. The highest BCUT2D eigenvalue weighted by Crippen LogP contribution is 2.26. The van der Waals surface area contributed by atoms with E-state index in [1.165, 1.54) is 17.2 Å². The largest absolute Gasteiger partial charge is 0.310 e. The highest BCUT2D eigenvalue weighted by atomic mass is 79.9. The van der Waals surface area contributed by atoms with Gasteiger partial charge in [0.2, 0.25) is 0 Å². The van der Waals surface area contributed by atoms with Crippen LogP contribution >= 0.6 is 15.9 Å². The number of halogens is 2. The fourth-order valence-corrected chi connectivity index (χ4v) is 2.86. The molecule has 112 valence electrons. The molecule has 0 aliphatic carbocycles. The van der Waals surface area contributed by atoms with Crippen LogP contribution in [0.5, 0.6) is 0 Å². The Morgan fingerprint density at radius 2 is 1.95 bits per heavy atom. The van der Waals surface area contributed by atoms with Crippen LogP contribution in [0.3, 0.4) is 0 Å². The first-order valence-corrected chi connectivity index (χ1v) is 8.14. The Balaban J connectivity index is 2.30. The Labute approximate surface area is 134 Å². The Morgan fingerprint density at radius 1 is 1.19 bits per heavy atom. The van der Waals surface area contributed by atoms with Crippen molar-refractivity contribution in [2.24, 2.45) is 0 Å². The highest BCUT2D eigenvalue weighted by molar-refractivity contribution is 9.10. The zero-order chi connectivity index (χ0) is 15.2. The van der Waals surface area contributed by atoms with E-state index in [1.54, 1.807) is 6.07 Å². The Bertz CT molecular complexity index is 598. The lowest BCUT2D eigenvalue weighted by molar-refractivity contribution is 0.511. The third kappa shape index (κ3) is 4.39. The molecule has 1 N–H and O–H groups in total. The summed E-state index contributed by atoms with van der Waals surface area (Å²) in [4.78, 5) is 0. The number of aryl methyl sites for hydroxylation is 1. The molecule has 0 spiro atoms. The van der Waals surface area contributed by atoms with Crippen molar-refractivity contribution in [2.75, 3.05) is 6.54 Å². The van der Waals surface area contributed by atoms with Crippen LogP contribution in [0.15, 0.2) is 46.9 Å². The van der Waals surface area contributed by atoms with Crippen molar-refractivity contribution in [3.05, 3.63) is 69.4 Å². The van der Waals surface area contributed by atoms with E-state index in [0.29, 0.717) is 6.42 Å². The van der Waals surface area contributed by atoms with E-state index in [0.717, 1.165) is 23.0 Å². The smallest absolute Gasteiger partial charge is 0.126 e. The molecule has 0 heterocycles. The highest BCUT2D eigenvalue weighted by Gasteiger charge is 2.16. The molecule has 0 aliphatic heterocycles. The zero-order valence-corrected chi connectivity index (χ0v) is 14.1. The van der Waals surface area contributed by atoms with E-state index >= 15 is 0 Å². The number of rotatable bonds is 6. The van der Waals surface area contributed by atoms with E-state index in [2.05, 4.69) is 47.2 Å². The van der Waals surface area contributed by atoms with E-state index < -0.39 is 0 Å². The predicted molar refractivity (Wildman–Crippen MR) is 90.0 cm³/mol. The minimum Gasteiger partial charge on any atom is -0.310 e. The van der Waals surface area contributed by atoms with Crippen molar-refractivity contribution in [3.8, 4) is 0 Å². The minimum atomic E-state index is -0.131. The van der Waals surface area contributed by atoms with Gasteiger partial charge in [0, 0.05) is 10.5 Å². The van der Waals surface area contributed by atoms with Gasteiger partial charge in [0.1, 0.15) is 5.82 Å². The summed E-state index contributed by atoms with van der Waals surface area (Å²) in [5.41, 5.74) is 3.20. The third-order valence-corrected chi connectivity index (χ3v) is 4.13. The first kappa shape index (κ1) is 16.2. The summed E-state index contributed by atoms with van der Waals surface area (Å²) in [5, 5.41) is 3.54. The van der Waals surface area contributed by atoms with Gasteiger partial charge in [-0.3, -0.25) is 0 Å². The number of hydrogen-bond donors (Lipinski definition) is 1. The van der Waals surface area contributed by atoms with Crippen LogP contribution in [0.1, 0.15) is 36.1 Å². The normalized spacial score (nSPS) is 12.4. The van der Waals surface area contributed by atoms with Gasteiger partial charge in [-0.25, -0.2) is 4.39 Å². The summed E-state index contributed by atoms with van der Waals surface area (Å²) >= 11 is 3.53. The molecule has 0 aliphatic rings. The quantitative estimate of drug-likeness (QED) is 0.757. The SMILES string of the molecule is CCCNC(Cc1ccccc1F)c1cc(Br)ccc1C. The molecule has 1 unspecified atom stereocenters. The van der Waals surface area contributed by atoms with E-state index in [4.69, 9.17) is 0 Å². The van der Waals surface area contributed by atoms with Gasteiger partial charge < -0.3 is 5.32 Å². The molecule has 1 nitrogen and oxygen atoms in total. The maximum atomic E-state index is 13.9. The van der Waals surface area contributed by atoms with Gasteiger partial charge in [0.25, 0.3) is 0 Å². The topological polar surface area (TPSA) is 12.0 Å². The molecule has 3 heteroatoms. The lowest BCUT2D eigenvalue weighted by atomic mass is 9.95. The van der Waals surface area contributed by atoms with Crippen molar-refractivity contribution < 1.29 is 4.39 Å². The average molecular weight is 350 g/mol. The van der Waals surface area contributed by atoms with Crippen molar-refractivity contribution in [1.82, 2.24) is 5.32 Å². The van der Waals surface area contributed by atoms with E-state index in [-0.39, 0.29) is 11.9 Å². The van der Waals surface area contributed by atoms with Crippen LogP contribution in [0.4, 0.5) is 4.39 Å². The van der Waals surface area contributed by atoms with Gasteiger partial charge >= 0.3 is 0 Å². The molecule has 0 saturated carbocycles. The Kier molecular flexibility index (Phi) is 5.95. The third-order valence-electron chi connectivity index (χ3n) is 3.64. The molecule has 0 radical (unpaired) electrons. The van der Waals surface area contributed by atoms with Gasteiger partial charge in [-0.1, -0.05) is 47.1 Å². The zero-order valence-electron chi connectivity index (χ0n) is 12.5. The summed E-state index contributed by atoms with van der Waals surface area (Å²) in [5.74, 6) is -0.131. The van der Waals surface area contributed by atoms with Crippen molar-refractivity contribution in [1.29, 1.82) is 0 Å². The van der Waals surface area contributed by atoms with Crippen LogP contribution in [-0.4, -0.2) is 6.54 Å². The standard InChI is InChI=1S/C18H21BrFN/c1-3-10-21-18(11-14-6-4-5-7-17(14)20)16-12-15(19)9-8-13(16)2/h4-9,12,18,21H,3,10-11H2,1-2H3. The van der Waals surface area contributed by atoms with Crippen molar-refractivity contribution in [3.63, 3.8) is 0 Å². The predicted octanol–water partition coefficient (Wildman–Crippen LogP) is 5.18. The summed E-state index contributed by atoms with van der Waals surface area (Å²) in [6, 6.07) is 13.4. The van der Waals surface area contributed by atoms with Gasteiger partial charge in [0.15, 0.2) is 0 Å². The molecule has 2 aromatic carbocycles. The van der Waals surface area contributed by atoms with Crippen molar-refractivity contribution >= 4 is 15.9 Å². The monoisotopic (exact) mass is 349 g/mol. The second-order valence-electron chi connectivity index (χ2n) is 5.30. The first-order chi connectivity index (χ1) is 10.1. The maximum Gasteiger partial charge on any atom is 0.126 e. The molecule has 21 heavy (non-hydrogen) atoms. The molecular weight excluding hydrogens is 329 g/mol. The van der Waals surface area contributed by atoms with Gasteiger partial charge in [0.05, 0.1) is 0 Å². The van der Waals surface area contributed by atoms with Gasteiger partial charge in [-0.2, -0.15) is 0 Å². The number of benzene rings is 2. The molecule has 0 aromatic heterocycles. The Morgan fingerprint density at radius 3 is 2.67 bits per heavy atom. The number of nitrogens with one attached hydrogen (secondary N) is 1. The maximum absolute atomic E-state index is 13.9. The molecule has 2 rings (SSSR count). The molecule has 0 fully saturated rings. The second-order valence-corrected chi connectivity index (χ2v) is 6.22. The van der Waals surface area contributed by atoms with Crippen LogP contribution in [-0.2, 0) is 6.42 Å². The molecule has 0 saturated heterocycles. The molecule has 0 amide bonds. The second kappa shape index (κ2) is 7.71. The lowest BCUT2D eigenvalue weighted by Gasteiger charge is -2.22. The summed E-state index contributed by atoms with van der Waals surface area (Å²) < 4.78 is 15.0. The molecular formula is C18H21BrFN. The van der Waals surface area contributed by atoms with Crippen LogP contribution in [0.2, 0.25) is 0 Å². The molecule has 1 atom stereocenters. The van der Waals surface area contributed by atoms with Crippen LogP contribution < -0.4 is 5.32 Å². The van der Waals surface area contributed by atoms with Gasteiger partial charge in [-0.15, -0.1) is 0 Å². The Hall–Kier alpha value is -1.19. The summed E-state index contributed by atoms with van der Waals surface area (Å²) in [6.45, 7) is 5.16. The number of hydrogen-bond acceptors (Lipinski definition) is 1. The van der Waals surface area contributed by atoms with Crippen molar-refractivity contribution in [2.45, 2.75) is 32.7 Å². The lowest BCUT2D eigenvalue weighted by Crippen LogP contribution is -2.25.